The fourth-order valence-corrected chi connectivity index (χ4v) is 4.99. The quantitative estimate of drug-likeness (QED) is 0.507. The van der Waals surface area contributed by atoms with Gasteiger partial charge in [-0.25, -0.2) is 4.98 Å². The zero-order valence-electron chi connectivity index (χ0n) is 17.2. The minimum Gasteiger partial charge on any atom is -0.321 e. The van der Waals surface area contributed by atoms with Crippen molar-refractivity contribution in [3.05, 3.63) is 78.0 Å². The van der Waals surface area contributed by atoms with Crippen molar-refractivity contribution >= 4 is 46.7 Å². The fourth-order valence-electron chi connectivity index (χ4n) is 3.48. The highest BCUT2D eigenvalue weighted by Crippen LogP contribution is 2.30. The van der Waals surface area contributed by atoms with Crippen molar-refractivity contribution in [2.24, 2.45) is 0 Å². The number of hydrogen-bond donors (Lipinski definition) is 1. The maximum Gasteiger partial charge on any atom is 0.256 e. The van der Waals surface area contributed by atoms with E-state index >= 15 is 0 Å². The van der Waals surface area contributed by atoms with Crippen LogP contribution in [0.15, 0.2) is 76.8 Å². The SMILES string of the molecule is CCSc1ccc(NC(=O)c2ccccc2SCC(=O)N2CCc3ccccc32)cn1. The highest BCUT2D eigenvalue weighted by Gasteiger charge is 2.24. The van der Waals surface area contributed by atoms with Crippen LogP contribution in [-0.4, -0.2) is 34.8 Å². The van der Waals surface area contributed by atoms with Crippen LogP contribution in [0.4, 0.5) is 11.4 Å². The summed E-state index contributed by atoms with van der Waals surface area (Å²) in [6.45, 7) is 2.78. The normalized spacial score (nSPS) is 12.5. The third kappa shape index (κ3) is 5.11. The Balaban J connectivity index is 1.41. The number of aromatic nitrogens is 1. The van der Waals surface area contributed by atoms with Crippen LogP contribution in [-0.2, 0) is 11.2 Å². The van der Waals surface area contributed by atoms with Crippen molar-refractivity contribution in [1.82, 2.24) is 4.98 Å². The molecule has 3 aromatic rings. The number of pyridine rings is 1. The maximum atomic E-state index is 12.9. The summed E-state index contributed by atoms with van der Waals surface area (Å²) < 4.78 is 0. The average molecular weight is 450 g/mol. The summed E-state index contributed by atoms with van der Waals surface area (Å²) in [5.41, 5.74) is 3.40. The number of fused-ring (bicyclic) bond motifs is 1. The topological polar surface area (TPSA) is 62.3 Å². The van der Waals surface area contributed by atoms with E-state index < -0.39 is 0 Å². The van der Waals surface area contributed by atoms with Crippen molar-refractivity contribution in [3.63, 3.8) is 0 Å². The molecular weight excluding hydrogens is 426 g/mol. The van der Waals surface area contributed by atoms with E-state index in [-0.39, 0.29) is 17.6 Å². The van der Waals surface area contributed by atoms with E-state index in [4.69, 9.17) is 0 Å². The summed E-state index contributed by atoms with van der Waals surface area (Å²) in [5, 5.41) is 3.83. The summed E-state index contributed by atoms with van der Waals surface area (Å²) in [6.07, 6.45) is 2.55. The summed E-state index contributed by atoms with van der Waals surface area (Å²) in [6, 6.07) is 19.1. The molecule has 0 bridgehead atoms. The van der Waals surface area contributed by atoms with E-state index in [1.54, 1.807) is 24.0 Å². The minimum absolute atomic E-state index is 0.0541. The molecule has 2 heterocycles. The number of benzene rings is 2. The Bertz CT molecular complexity index is 1090. The molecule has 0 unspecified atom stereocenters. The van der Waals surface area contributed by atoms with Gasteiger partial charge in [0, 0.05) is 17.1 Å². The Morgan fingerprint density at radius 1 is 1.03 bits per heavy atom. The van der Waals surface area contributed by atoms with Crippen LogP contribution < -0.4 is 10.2 Å². The Hall–Kier alpha value is -2.77. The third-order valence-electron chi connectivity index (χ3n) is 4.96. The van der Waals surface area contributed by atoms with Crippen molar-refractivity contribution < 1.29 is 9.59 Å². The van der Waals surface area contributed by atoms with Crippen molar-refractivity contribution in [3.8, 4) is 0 Å². The first kappa shape index (κ1) is 21.5. The molecule has 1 aliphatic rings. The van der Waals surface area contributed by atoms with Crippen LogP contribution in [0, 0.1) is 0 Å². The number of rotatable bonds is 7. The molecule has 0 radical (unpaired) electrons. The number of nitrogens with one attached hydrogen (secondary N) is 1. The second-order valence-corrected chi connectivity index (χ2v) is 9.28. The Morgan fingerprint density at radius 2 is 1.84 bits per heavy atom. The van der Waals surface area contributed by atoms with Gasteiger partial charge < -0.3 is 10.2 Å². The largest absolute Gasteiger partial charge is 0.321 e. The summed E-state index contributed by atoms with van der Waals surface area (Å²) >= 11 is 3.05. The van der Waals surface area contributed by atoms with Crippen LogP contribution in [0.5, 0.6) is 0 Å². The predicted molar refractivity (Wildman–Crippen MR) is 128 cm³/mol. The monoisotopic (exact) mass is 449 g/mol. The number of anilines is 2. The van der Waals surface area contributed by atoms with Gasteiger partial charge in [-0.15, -0.1) is 23.5 Å². The first-order valence-corrected chi connectivity index (χ1v) is 12.1. The van der Waals surface area contributed by atoms with Gasteiger partial charge in [0.05, 0.1) is 28.2 Å². The van der Waals surface area contributed by atoms with Crippen LogP contribution in [0.25, 0.3) is 0 Å². The Labute approximate surface area is 190 Å². The molecule has 0 atom stereocenters. The van der Waals surface area contributed by atoms with Gasteiger partial charge in [0.1, 0.15) is 0 Å². The van der Waals surface area contributed by atoms with Gasteiger partial charge in [0.15, 0.2) is 0 Å². The number of amides is 2. The van der Waals surface area contributed by atoms with Crippen molar-refractivity contribution in [1.29, 1.82) is 0 Å². The van der Waals surface area contributed by atoms with Gasteiger partial charge in [-0.1, -0.05) is 37.3 Å². The molecule has 4 rings (SSSR count). The van der Waals surface area contributed by atoms with E-state index in [9.17, 15) is 9.59 Å². The summed E-state index contributed by atoms with van der Waals surface area (Å²) in [7, 11) is 0. The Morgan fingerprint density at radius 3 is 2.65 bits per heavy atom. The highest BCUT2D eigenvalue weighted by molar-refractivity contribution is 8.00. The lowest BCUT2D eigenvalue weighted by molar-refractivity contribution is -0.116. The average Bonchev–Trinajstić information content (AvgIpc) is 3.23. The second kappa shape index (κ2) is 10.0. The molecule has 0 saturated carbocycles. The molecule has 0 aliphatic carbocycles. The molecule has 5 nitrogen and oxygen atoms in total. The van der Waals surface area contributed by atoms with Gasteiger partial charge in [0.25, 0.3) is 5.91 Å². The van der Waals surface area contributed by atoms with Crippen molar-refractivity contribution in [2.45, 2.75) is 23.3 Å². The number of para-hydroxylation sites is 1. The lowest BCUT2D eigenvalue weighted by Crippen LogP contribution is -2.30. The van der Waals surface area contributed by atoms with Crippen molar-refractivity contribution in [2.75, 3.05) is 28.3 Å². The molecule has 31 heavy (non-hydrogen) atoms. The van der Waals surface area contributed by atoms with E-state index in [0.717, 1.165) is 27.8 Å². The Kier molecular flexibility index (Phi) is 6.94. The van der Waals surface area contributed by atoms with Gasteiger partial charge in [-0.05, 0) is 48.1 Å². The second-order valence-electron chi connectivity index (χ2n) is 6.98. The molecule has 0 fully saturated rings. The van der Waals surface area contributed by atoms with Crippen LogP contribution in [0.2, 0.25) is 0 Å². The van der Waals surface area contributed by atoms with E-state index in [0.29, 0.717) is 17.8 Å². The van der Waals surface area contributed by atoms with E-state index in [1.807, 2.05) is 53.4 Å². The number of nitrogens with zero attached hydrogens (tertiary/aromatic N) is 2. The van der Waals surface area contributed by atoms with Gasteiger partial charge in [-0.3, -0.25) is 9.59 Å². The zero-order chi connectivity index (χ0) is 21.6. The van der Waals surface area contributed by atoms with E-state index in [1.165, 1.54) is 17.3 Å². The van der Waals surface area contributed by atoms with Gasteiger partial charge in [0.2, 0.25) is 5.91 Å². The molecule has 1 aromatic heterocycles. The first-order valence-electron chi connectivity index (χ1n) is 10.2. The minimum atomic E-state index is -0.209. The first-order chi connectivity index (χ1) is 15.2. The van der Waals surface area contributed by atoms with E-state index in [2.05, 4.69) is 23.3 Å². The van der Waals surface area contributed by atoms with Crippen LogP contribution >= 0.6 is 23.5 Å². The van der Waals surface area contributed by atoms with Gasteiger partial charge >= 0.3 is 0 Å². The fraction of sp³-hybridized carbons (Fsp3) is 0.208. The number of thioether (sulfide) groups is 2. The zero-order valence-corrected chi connectivity index (χ0v) is 18.8. The highest BCUT2D eigenvalue weighted by atomic mass is 32.2. The lowest BCUT2D eigenvalue weighted by Gasteiger charge is -2.17. The molecular formula is C24H23N3O2S2. The van der Waals surface area contributed by atoms with Gasteiger partial charge in [-0.2, -0.15) is 0 Å². The molecule has 2 amide bonds. The molecule has 7 heteroatoms. The predicted octanol–water partition coefficient (Wildman–Crippen LogP) is 5.13. The van der Waals surface area contributed by atoms with Crippen LogP contribution in [0.3, 0.4) is 0 Å². The van der Waals surface area contributed by atoms with Crippen LogP contribution in [0.1, 0.15) is 22.8 Å². The lowest BCUT2D eigenvalue weighted by atomic mass is 10.2. The number of carbonyl (C=O) groups excluding carboxylic acids is 2. The smallest absolute Gasteiger partial charge is 0.256 e. The standard InChI is InChI=1S/C24H23N3O2S2/c1-2-30-22-12-11-18(15-25-22)26-24(29)19-8-4-6-10-21(19)31-16-23(28)27-14-13-17-7-3-5-9-20(17)27/h3-12,15H,2,13-14,16H2,1H3,(H,26,29). The molecule has 2 aromatic carbocycles. The molecule has 1 aliphatic heterocycles. The molecule has 158 valence electrons. The third-order valence-corrected chi connectivity index (χ3v) is 6.84. The molecule has 0 spiro atoms. The summed E-state index contributed by atoms with van der Waals surface area (Å²) in [4.78, 5) is 32.7. The maximum absolute atomic E-state index is 12.9. The number of hydrogen-bond acceptors (Lipinski definition) is 5. The molecule has 0 saturated heterocycles. The number of carbonyl (C=O) groups is 2. The summed E-state index contributed by atoms with van der Waals surface area (Å²) in [5.74, 6) is 1.08. The molecule has 1 N–H and O–H groups in total.